The molecule has 0 saturated carbocycles. The number of rotatable bonds is 3. The molecule has 0 radical (unpaired) electrons. The van der Waals surface area contributed by atoms with Crippen LogP contribution in [0, 0.1) is 31.3 Å². The monoisotopic (exact) mass is 285 g/mol. The SMILES string of the molecule is Cc1cc(C(C)Nc2cc(F)cc(F)c2F)c(C)s1. The van der Waals surface area contributed by atoms with Crippen molar-refractivity contribution in [1.82, 2.24) is 0 Å². The summed E-state index contributed by atoms with van der Waals surface area (Å²) in [5, 5.41) is 2.81. The fraction of sp³-hybridized carbons (Fsp3) is 0.286. The van der Waals surface area contributed by atoms with Crippen molar-refractivity contribution in [3.63, 3.8) is 0 Å². The Balaban J connectivity index is 2.29. The first-order valence-corrected chi connectivity index (χ1v) is 6.68. The van der Waals surface area contributed by atoms with E-state index in [1.54, 1.807) is 11.3 Å². The highest BCUT2D eigenvalue weighted by molar-refractivity contribution is 7.12. The number of hydrogen-bond acceptors (Lipinski definition) is 2. The van der Waals surface area contributed by atoms with Crippen molar-refractivity contribution in [2.45, 2.75) is 26.8 Å². The number of anilines is 1. The van der Waals surface area contributed by atoms with Crippen LogP contribution in [-0.2, 0) is 0 Å². The summed E-state index contributed by atoms with van der Waals surface area (Å²) in [5.74, 6) is -3.04. The van der Waals surface area contributed by atoms with Gasteiger partial charge in [0.15, 0.2) is 11.6 Å². The number of benzene rings is 1. The van der Waals surface area contributed by atoms with Crippen LogP contribution < -0.4 is 5.32 Å². The van der Waals surface area contributed by atoms with Gasteiger partial charge >= 0.3 is 0 Å². The molecule has 102 valence electrons. The third-order valence-electron chi connectivity index (χ3n) is 2.91. The van der Waals surface area contributed by atoms with Crippen LogP contribution in [0.2, 0.25) is 0 Å². The summed E-state index contributed by atoms with van der Waals surface area (Å²) in [6, 6.07) is 3.26. The summed E-state index contributed by atoms with van der Waals surface area (Å²) in [7, 11) is 0. The lowest BCUT2D eigenvalue weighted by atomic mass is 10.1. The molecule has 0 fully saturated rings. The predicted molar refractivity (Wildman–Crippen MR) is 72.1 cm³/mol. The average Bonchev–Trinajstić information content (AvgIpc) is 2.64. The van der Waals surface area contributed by atoms with E-state index in [-0.39, 0.29) is 11.7 Å². The van der Waals surface area contributed by atoms with Gasteiger partial charge in [0.05, 0.1) is 5.69 Å². The first-order chi connectivity index (χ1) is 8.88. The smallest absolute Gasteiger partial charge is 0.182 e. The molecule has 19 heavy (non-hydrogen) atoms. The molecule has 1 N–H and O–H groups in total. The van der Waals surface area contributed by atoms with E-state index in [1.807, 2.05) is 26.8 Å². The fourth-order valence-corrected chi connectivity index (χ4v) is 3.07. The van der Waals surface area contributed by atoms with Crippen LogP contribution in [0.5, 0.6) is 0 Å². The molecule has 1 aromatic carbocycles. The van der Waals surface area contributed by atoms with Crippen molar-refractivity contribution in [1.29, 1.82) is 0 Å². The van der Waals surface area contributed by atoms with Crippen LogP contribution >= 0.6 is 11.3 Å². The van der Waals surface area contributed by atoms with E-state index in [0.29, 0.717) is 6.07 Å². The van der Waals surface area contributed by atoms with E-state index in [2.05, 4.69) is 5.32 Å². The highest BCUT2D eigenvalue weighted by atomic mass is 32.1. The van der Waals surface area contributed by atoms with Gasteiger partial charge in [0.2, 0.25) is 0 Å². The molecular weight excluding hydrogens is 271 g/mol. The topological polar surface area (TPSA) is 12.0 Å². The minimum absolute atomic E-state index is 0.159. The lowest BCUT2D eigenvalue weighted by Gasteiger charge is -2.16. The van der Waals surface area contributed by atoms with Crippen molar-refractivity contribution < 1.29 is 13.2 Å². The Hall–Kier alpha value is -1.49. The molecule has 0 aliphatic carbocycles. The molecule has 1 nitrogen and oxygen atoms in total. The zero-order chi connectivity index (χ0) is 14.2. The van der Waals surface area contributed by atoms with Gasteiger partial charge in [0.1, 0.15) is 5.82 Å². The van der Waals surface area contributed by atoms with Gasteiger partial charge in [-0.25, -0.2) is 13.2 Å². The van der Waals surface area contributed by atoms with Crippen molar-refractivity contribution in [2.75, 3.05) is 5.32 Å². The van der Waals surface area contributed by atoms with Gasteiger partial charge in [0.25, 0.3) is 0 Å². The summed E-state index contributed by atoms with van der Waals surface area (Å²) >= 11 is 1.64. The third kappa shape index (κ3) is 2.92. The third-order valence-corrected chi connectivity index (χ3v) is 3.89. The summed E-state index contributed by atoms with van der Waals surface area (Å²) in [6.45, 7) is 5.78. The average molecular weight is 285 g/mol. The normalized spacial score (nSPS) is 12.5. The van der Waals surface area contributed by atoms with Gasteiger partial charge < -0.3 is 5.32 Å². The standard InChI is InChI=1S/C14H14F3NS/c1-7-4-11(9(3)19-7)8(2)18-13-6-10(15)5-12(16)14(13)17/h4-6,8,18H,1-3H3. The van der Waals surface area contributed by atoms with Gasteiger partial charge in [-0.2, -0.15) is 0 Å². The number of aryl methyl sites for hydroxylation is 2. The maximum Gasteiger partial charge on any atom is 0.182 e. The summed E-state index contributed by atoms with van der Waals surface area (Å²) in [4.78, 5) is 2.25. The zero-order valence-electron chi connectivity index (χ0n) is 10.9. The van der Waals surface area contributed by atoms with Gasteiger partial charge in [0, 0.05) is 27.9 Å². The molecule has 1 unspecified atom stereocenters. The maximum absolute atomic E-state index is 13.6. The molecule has 1 atom stereocenters. The second-order valence-electron chi connectivity index (χ2n) is 4.48. The molecule has 5 heteroatoms. The van der Waals surface area contributed by atoms with Crippen LogP contribution in [0.3, 0.4) is 0 Å². The van der Waals surface area contributed by atoms with E-state index < -0.39 is 17.5 Å². The highest BCUT2D eigenvalue weighted by Crippen LogP contribution is 2.30. The highest BCUT2D eigenvalue weighted by Gasteiger charge is 2.16. The fourth-order valence-electron chi connectivity index (χ4n) is 2.05. The molecule has 0 amide bonds. The maximum atomic E-state index is 13.6. The van der Waals surface area contributed by atoms with Gasteiger partial charge in [-0.1, -0.05) is 0 Å². The Morgan fingerprint density at radius 3 is 2.37 bits per heavy atom. The van der Waals surface area contributed by atoms with Crippen molar-refractivity contribution in [3.05, 3.63) is 51.0 Å². The first kappa shape index (κ1) is 13.9. The molecule has 0 spiro atoms. The van der Waals surface area contributed by atoms with E-state index in [4.69, 9.17) is 0 Å². The van der Waals surface area contributed by atoms with Crippen molar-refractivity contribution in [3.8, 4) is 0 Å². The minimum atomic E-state index is -1.19. The molecular formula is C14H14F3NS. The van der Waals surface area contributed by atoms with Crippen molar-refractivity contribution >= 4 is 17.0 Å². The Morgan fingerprint density at radius 1 is 1.11 bits per heavy atom. The summed E-state index contributed by atoms with van der Waals surface area (Å²) < 4.78 is 39.8. The van der Waals surface area contributed by atoms with Crippen LogP contribution in [0.1, 0.15) is 28.3 Å². The Labute approximate surface area is 114 Å². The molecule has 2 aromatic rings. The summed E-state index contributed by atoms with van der Waals surface area (Å²) in [5.41, 5.74) is 0.847. The van der Waals surface area contributed by atoms with E-state index in [0.717, 1.165) is 21.4 Å². The molecule has 2 rings (SSSR count). The number of thiophene rings is 1. The summed E-state index contributed by atoms with van der Waals surface area (Å²) in [6.07, 6.45) is 0. The molecule has 0 saturated heterocycles. The Morgan fingerprint density at radius 2 is 1.79 bits per heavy atom. The zero-order valence-corrected chi connectivity index (χ0v) is 11.7. The first-order valence-electron chi connectivity index (χ1n) is 5.86. The van der Waals surface area contributed by atoms with E-state index >= 15 is 0 Å². The van der Waals surface area contributed by atoms with Gasteiger partial charge in [-0.15, -0.1) is 11.3 Å². The quantitative estimate of drug-likeness (QED) is 0.786. The molecule has 1 aromatic heterocycles. The van der Waals surface area contributed by atoms with Gasteiger partial charge in [-0.05, 0) is 32.4 Å². The molecule has 0 aliphatic heterocycles. The van der Waals surface area contributed by atoms with Crippen LogP contribution in [-0.4, -0.2) is 0 Å². The van der Waals surface area contributed by atoms with E-state index in [9.17, 15) is 13.2 Å². The van der Waals surface area contributed by atoms with Crippen LogP contribution in [0.15, 0.2) is 18.2 Å². The second kappa shape index (κ2) is 5.25. The van der Waals surface area contributed by atoms with E-state index in [1.165, 1.54) is 0 Å². The lowest BCUT2D eigenvalue weighted by molar-refractivity contribution is 0.496. The van der Waals surface area contributed by atoms with Crippen molar-refractivity contribution in [2.24, 2.45) is 0 Å². The van der Waals surface area contributed by atoms with Crippen LogP contribution in [0.25, 0.3) is 0 Å². The Kier molecular flexibility index (Phi) is 3.85. The van der Waals surface area contributed by atoms with Gasteiger partial charge in [-0.3, -0.25) is 0 Å². The Bertz CT molecular complexity index is 607. The predicted octanol–water partition coefficient (Wildman–Crippen LogP) is 4.96. The number of hydrogen-bond donors (Lipinski definition) is 1. The molecule has 0 bridgehead atoms. The molecule has 1 heterocycles. The number of nitrogens with one attached hydrogen (secondary N) is 1. The largest absolute Gasteiger partial charge is 0.376 e. The van der Waals surface area contributed by atoms with Crippen LogP contribution in [0.4, 0.5) is 18.9 Å². The minimum Gasteiger partial charge on any atom is -0.376 e. The lowest BCUT2D eigenvalue weighted by Crippen LogP contribution is -2.09. The second-order valence-corrected chi connectivity index (χ2v) is 5.94. The molecule has 0 aliphatic rings. The number of halogens is 3.